The van der Waals surface area contributed by atoms with Crippen molar-refractivity contribution in [2.24, 2.45) is 0 Å². The third kappa shape index (κ3) is 1.36. The van der Waals surface area contributed by atoms with E-state index in [0.717, 1.165) is 0 Å². The molecule has 1 aliphatic rings. The summed E-state index contributed by atoms with van der Waals surface area (Å²) in [5.41, 5.74) is 1.11. The van der Waals surface area contributed by atoms with Crippen LogP contribution >= 0.6 is 11.3 Å². The summed E-state index contributed by atoms with van der Waals surface area (Å²) in [7, 11) is 0. The summed E-state index contributed by atoms with van der Waals surface area (Å²) in [5, 5.41) is 9.05. The number of hydrogen-bond donors (Lipinski definition) is 1. The van der Waals surface area contributed by atoms with Crippen molar-refractivity contribution in [2.75, 3.05) is 0 Å². The minimum atomic E-state index is -0.196. The van der Waals surface area contributed by atoms with Gasteiger partial charge < -0.3 is 5.11 Å². The summed E-state index contributed by atoms with van der Waals surface area (Å²) in [6.07, 6.45) is 2.91. The van der Waals surface area contributed by atoms with Crippen molar-refractivity contribution in [1.29, 1.82) is 0 Å². The Balaban J connectivity index is 2.27. The first-order chi connectivity index (χ1) is 8.22. The smallest absolute Gasteiger partial charge is 0.204 e. The fourth-order valence-corrected chi connectivity index (χ4v) is 2.87. The van der Waals surface area contributed by atoms with Crippen LogP contribution in [0, 0.1) is 0 Å². The molecule has 0 aliphatic heterocycles. The van der Waals surface area contributed by atoms with E-state index in [1.165, 1.54) is 23.7 Å². The summed E-state index contributed by atoms with van der Waals surface area (Å²) < 4.78 is 0. The molecule has 1 aliphatic carbocycles. The Morgan fingerprint density at radius 3 is 2.76 bits per heavy atom. The van der Waals surface area contributed by atoms with E-state index < -0.39 is 0 Å². The van der Waals surface area contributed by atoms with Crippen LogP contribution in [0.15, 0.2) is 24.5 Å². The minimum Gasteiger partial charge on any atom is -0.391 e. The molecule has 0 unspecified atom stereocenters. The lowest BCUT2D eigenvalue weighted by atomic mass is 9.90. The van der Waals surface area contributed by atoms with Gasteiger partial charge in [0.1, 0.15) is 0 Å². The van der Waals surface area contributed by atoms with Crippen LogP contribution in [0.5, 0.6) is 0 Å². The molecule has 0 saturated heterocycles. The van der Waals surface area contributed by atoms with Gasteiger partial charge >= 0.3 is 0 Å². The number of carbonyl (C=O) groups excluding carboxylic acids is 2. The monoisotopic (exact) mass is 245 g/mol. The number of pyridine rings is 1. The first-order valence-corrected chi connectivity index (χ1v) is 5.81. The molecular formula is C12H7NO3S. The van der Waals surface area contributed by atoms with Crippen molar-refractivity contribution in [1.82, 2.24) is 4.98 Å². The van der Waals surface area contributed by atoms with Gasteiger partial charge in [0.15, 0.2) is 5.78 Å². The number of aliphatic hydroxyl groups is 1. The molecule has 0 fully saturated rings. The Morgan fingerprint density at radius 2 is 2.00 bits per heavy atom. The third-order valence-corrected chi connectivity index (χ3v) is 3.82. The van der Waals surface area contributed by atoms with Crippen molar-refractivity contribution in [2.45, 2.75) is 6.61 Å². The second kappa shape index (κ2) is 3.58. The molecule has 1 N–H and O–H groups in total. The van der Waals surface area contributed by atoms with E-state index in [-0.39, 0.29) is 18.2 Å². The third-order valence-electron chi connectivity index (χ3n) is 2.70. The highest BCUT2D eigenvalue weighted by Crippen LogP contribution is 2.32. The SMILES string of the molecule is O=C1c2cnccc2C(=O)c2sc(CO)cc21. The second-order valence-electron chi connectivity index (χ2n) is 3.69. The van der Waals surface area contributed by atoms with Crippen LogP contribution in [-0.4, -0.2) is 21.7 Å². The van der Waals surface area contributed by atoms with E-state index in [9.17, 15) is 9.59 Å². The van der Waals surface area contributed by atoms with Crippen molar-refractivity contribution < 1.29 is 14.7 Å². The fraction of sp³-hybridized carbons (Fsp3) is 0.0833. The lowest BCUT2D eigenvalue weighted by Gasteiger charge is -2.12. The Hall–Kier alpha value is -1.85. The van der Waals surface area contributed by atoms with E-state index in [1.54, 1.807) is 12.1 Å². The summed E-state index contributed by atoms with van der Waals surface area (Å²) in [5.74, 6) is -0.361. The lowest BCUT2D eigenvalue weighted by Crippen LogP contribution is -2.18. The standard InChI is InChI=1S/C12H7NO3S/c14-5-6-3-8-10(15)9-4-13-2-1-7(9)11(16)12(8)17-6/h1-4,14H,5H2. The average Bonchev–Trinajstić information content (AvgIpc) is 2.80. The highest BCUT2D eigenvalue weighted by molar-refractivity contribution is 7.14. The first-order valence-electron chi connectivity index (χ1n) is 4.99. The van der Waals surface area contributed by atoms with Gasteiger partial charge in [-0.2, -0.15) is 0 Å². The second-order valence-corrected chi connectivity index (χ2v) is 4.83. The van der Waals surface area contributed by atoms with E-state index >= 15 is 0 Å². The Bertz CT molecular complexity index is 592. The summed E-state index contributed by atoms with van der Waals surface area (Å²) in [6.45, 7) is -0.160. The predicted octanol–water partition coefficient (Wildman–Crippen LogP) is 1.41. The number of rotatable bonds is 1. The van der Waals surface area contributed by atoms with E-state index in [0.29, 0.717) is 26.4 Å². The summed E-state index contributed by atoms with van der Waals surface area (Å²) in [4.78, 5) is 29.1. The Labute approximate surface area is 101 Å². The zero-order chi connectivity index (χ0) is 12.0. The molecule has 0 saturated carbocycles. The fourth-order valence-electron chi connectivity index (χ4n) is 1.90. The molecule has 4 nitrogen and oxygen atoms in total. The van der Waals surface area contributed by atoms with Crippen LogP contribution < -0.4 is 0 Å². The van der Waals surface area contributed by atoms with Crippen LogP contribution in [0.1, 0.15) is 36.0 Å². The largest absolute Gasteiger partial charge is 0.391 e. The Morgan fingerprint density at radius 1 is 1.18 bits per heavy atom. The van der Waals surface area contributed by atoms with Gasteiger partial charge in [-0.25, -0.2) is 0 Å². The van der Waals surface area contributed by atoms with Crippen molar-refractivity contribution in [3.05, 3.63) is 51.0 Å². The molecule has 0 aromatic carbocycles. The quantitative estimate of drug-likeness (QED) is 0.704. The lowest BCUT2D eigenvalue weighted by molar-refractivity contribution is 0.0982. The van der Waals surface area contributed by atoms with Gasteiger partial charge in [-0.05, 0) is 12.1 Å². The molecule has 0 atom stereocenters. The molecule has 2 heterocycles. The number of aromatic nitrogens is 1. The normalized spacial score (nSPS) is 13.5. The van der Waals surface area contributed by atoms with Crippen molar-refractivity contribution >= 4 is 22.9 Å². The molecule has 84 valence electrons. The van der Waals surface area contributed by atoms with Gasteiger partial charge in [-0.15, -0.1) is 11.3 Å². The first kappa shape index (κ1) is 10.3. The number of ketones is 2. The van der Waals surface area contributed by atoms with Crippen molar-refractivity contribution in [3.63, 3.8) is 0 Å². The van der Waals surface area contributed by atoms with Crippen LogP contribution in [0.2, 0.25) is 0 Å². The van der Waals surface area contributed by atoms with Gasteiger partial charge in [0.2, 0.25) is 5.78 Å². The molecule has 2 aromatic rings. The van der Waals surface area contributed by atoms with Crippen LogP contribution in [0.4, 0.5) is 0 Å². The highest BCUT2D eigenvalue weighted by atomic mass is 32.1. The number of hydrogen-bond acceptors (Lipinski definition) is 5. The maximum Gasteiger partial charge on any atom is 0.204 e. The number of carbonyl (C=O) groups is 2. The van der Waals surface area contributed by atoms with E-state index in [4.69, 9.17) is 5.11 Å². The minimum absolute atomic E-state index is 0.160. The van der Waals surface area contributed by atoms with Gasteiger partial charge in [-0.1, -0.05) is 0 Å². The molecule has 0 spiro atoms. The number of nitrogens with zero attached hydrogens (tertiary/aromatic N) is 1. The molecule has 2 aromatic heterocycles. The topological polar surface area (TPSA) is 67.3 Å². The number of fused-ring (bicyclic) bond motifs is 2. The van der Waals surface area contributed by atoms with E-state index in [2.05, 4.69) is 4.98 Å². The molecule has 3 rings (SSSR count). The zero-order valence-corrected chi connectivity index (χ0v) is 9.45. The van der Waals surface area contributed by atoms with Gasteiger partial charge in [0.25, 0.3) is 0 Å². The predicted molar refractivity (Wildman–Crippen MR) is 61.3 cm³/mol. The number of aliphatic hydroxyl groups excluding tert-OH is 1. The maximum atomic E-state index is 12.1. The number of thiophene rings is 1. The molecule has 5 heteroatoms. The summed E-state index contributed by atoms with van der Waals surface area (Å²) in [6, 6.07) is 3.13. The summed E-state index contributed by atoms with van der Waals surface area (Å²) >= 11 is 1.17. The zero-order valence-electron chi connectivity index (χ0n) is 8.64. The van der Waals surface area contributed by atoms with Gasteiger partial charge in [-0.3, -0.25) is 14.6 Å². The van der Waals surface area contributed by atoms with Crippen LogP contribution in [0.25, 0.3) is 0 Å². The highest BCUT2D eigenvalue weighted by Gasteiger charge is 2.31. The van der Waals surface area contributed by atoms with Crippen LogP contribution in [0.3, 0.4) is 0 Å². The maximum absolute atomic E-state index is 12.1. The average molecular weight is 245 g/mol. The molecule has 17 heavy (non-hydrogen) atoms. The molecule has 0 radical (unpaired) electrons. The Kier molecular flexibility index (Phi) is 2.17. The molecule has 0 amide bonds. The molecule has 0 bridgehead atoms. The molecular weight excluding hydrogens is 238 g/mol. The van der Waals surface area contributed by atoms with E-state index in [1.807, 2.05) is 0 Å². The van der Waals surface area contributed by atoms with Crippen molar-refractivity contribution in [3.8, 4) is 0 Å². The van der Waals surface area contributed by atoms with Gasteiger partial charge in [0, 0.05) is 28.4 Å². The van der Waals surface area contributed by atoms with Crippen LogP contribution in [-0.2, 0) is 6.61 Å². The van der Waals surface area contributed by atoms with Gasteiger partial charge in [0.05, 0.1) is 17.0 Å².